The van der Waals surface area contributed by atoms with E-state index < -0.39 is 5.60 Å². The lowest BCUT2D eigenvalue weighted by molar-refractivity contribution is -0.149. The number of piperidine rings is 1. The Hall–Kier alpha value is -1.30. The normalized spacial score (nSPS) is 26.2. The first-order valence-corrected chi connectivity index (χ1v) is 8.67. The molecule has 132 valence electrons. The van der Waals surface area contributed by atoms with Gasteiger partial charge < -0.3 is 19.7 Å². The number of ether oxygens (including phenoxy) is 2. The predicted molar refractivity (Wildman–Crippen MR) is 87.0 cm³/mol. The molecule has 0 bridgehead atoms. The largest absolute Gasteiger partial charge is 0.466 e. The van der Waals surface area contributed by atoms with Crippen molar-refractivity contribution in [1.82, 2.24) is 10.2 Å². The van der Waals surface area contributed by atoms with Gasteiger partial charge in [-0.3, -0.25) is 4.79 Å². The van der Waals surface area contributed by atoms with Crippen LogP contribution in [0.4, 0.5) is 4.79 Å². The van der Waals surface area contributed by atoms with Crippen LogP contribution in [0.3, 0.4) is 0 Å². The zero-order valence-corrected chi connectivity index (χ0v) is 14.8. The molecule has 2 rings (SSSR count). The first-order chi connectivity index (χ1) is 10.8. The molecule has 1 N–H and O–H groups in total. The highest BCUT2D eigenvalue weighted by Gasteiger charge is 2.40. The number of nitrogens with one attached hydrogen (secondary N) is 1. The van der Waals surface area contributed by atoms with Crippen molar-refractivity contribution in [3.63, 3.8) is 0 Å². The molecular weight excluding hydrogens is 296 g/mol. The van der Waals surface area contributed by atoms with E-state index in [9.17, 15) is 9.59 Å². The van der Waals surface area contributed by atoms with Gasteiger partial charge in [-0.15, -0.1) is 0 Å². The SMILES string of the molecule is CCOC(=O)C1CNCC1C1CCN(C(=O)OC(C)(C)C)CC1. The third-order valence-corrected chi connectivity index (χ3v) is 4.65. The van der Waals surface area contributed by atoms with Gasteiger partial charge in [-0.1, -0.05) is 0 Å². The molecule has 2 saturated heterocycles. The summed E-state index contributed by atoms with van der Waals surface area (Å²) in [7, 11) is 0. The van der Waals surface area contributed by atoms with Crippen molar-refractivity contribution in [1.29, 1.82) is 0 Å². The number of carbonyl (C=O) groups excluding carboxylic acids is 2. The molecule has 2 aliphatic heterocycles. The van der Waals surface area contributed by atoms with Gasteiger partial charge in [-0.25, -0.2) is 4.79 Å². The minimum Gasteiger partial charge on any atom is -0.466 e. The van der Waals surface area contributed by atoms with Crippen LogP contribution in [0.2, 0.25) is 0 Å². The van der Waals surface area contributed by atoms with E-state index >= 15 is 0 Å². The maximum atomic E-state index is 12.1. The Labute approximate surface area is 138 Å². The van der Waals surface area contributed by atoms with Crippen molar-refractivity contribution in [3.05, 3.63) is 0 Å². The third-order valence-electron chi connectivity index (χ3n) is 4.65. The van der Waals surface area contributed by atoms with Crippen LogP contribution in [0.1, 0.15) is 40.5 Å². The van der Waals surface area contributed by atoms with Crippen LogP contribution in [-0.2, 0) is 14.3 Å². The predicted octanol–water partition coefficient (Wildman–Crippen LogP) is 2.03. The summed E-state index contributed by atoms with van der Waals surface area (Å²) in [5.41, 5.74) is -0.460. The van der Waals surface area contributed by atoms with E-state index in [-0.39, 0.29) is 18.0 Å². The Bertz CT molecular complexity index is 425. The summed E-state index contributed by atoms with van der Waals surface area (Å²) in [6.07, 6.45) is 1.60. The maximum Gasteiger partial charge on any atom is 0.410 e. The minimum atomic E-state index is -0.460. The van der Waals surface area contributed by atoms with E-state index in [0.717, 1.165) is 19.4 Å². The van der Waals surface area contributed by atoms with Crippen LogP contribution in [0.5, 0.6) is 0 Å². The first-order valence-electron chi connectivity index (χ1n) is 8.67. The molecule has 6 heteroatoms. The van der Waals surface area contributed by atoms with E-state index in [2.05, 4.69) is 5.32 Å². The van der Waals surface area contributed by atoms with E-state index in [1.165, 1.54) is 0 Å². The van der Waals surface area contributed by atoms with Crippen molar-refractivity contribution in [2.24, 2.45) is 17.8 Å². The van der Waals surface area contributed by atoms with Gasteiger partial charge in [0.25, 0.3) is 0 Å². The van der Waals surface area contributed by atoms with Crippen molar-refractivity contribution in [3.8, 4) is 0 Å². The second-order valence-corrected chi connectivity index (χ2v) is 7.49. The molecule has 2 unspecified atom stereocenters. The lowest BCUT2D eigenvalue weighted by Gasteiger charge is -2.36. The molecule has 0 aliphatic carbocycles. The summed E-state index contributed by atoms with van der Waals surface area (Å²) in [4.78, 5) is 26.0. The number of amides is 1. The van der Waals surface area contributed by atoms with Gasteiger partial charge in [0.2, 0.25) is 0 Å². The lowest BCUT2D eigenvalue weighted by Crippen LogP contribution is -2.44. The zero-order valence-electron chi connectivity index (χ0n) is 14.8. The van der Waals surface area contributed by atoms with Gasteiger partial charge in [0.05, 0.1) is 12.5 Å². The van der Waals surface area contributed by atoms with E-state index in [1.54, 1.807) is 4.90 Å². The quantitative estimate of drug-likeness (QED) is 0.804. The number of carbonyl (C=O) groups is 2. The average molecular weight is 326 g/mol. The van der Waals surface area contributed by atoms with Gasteiger partial charge in [0, 0.05) is 19.6 Å². The fraction of sp³-hybridized carbons (Fsp3) is 0.882. The Morgan fingerprint density at radius 3 is 2.39 bits per heavy atom. The van der Waals surface area contributed by atoms with Gasteiger partial charge in [-0.2, -0.15) is 0 Å². The second kappa shape index (κ2) is 7.51. The summed E-state index contributed by atoms with van der Waals surface area (Å²) >= 11 is 0. The topological polar surface area (TPSA) is 67.9 Å². The molecule has 0 saturated carbocycles. The molecule has 2 atom stereocenters. The molecule has 0 aromatic carbocycles. The maximum absolute atomic E-state index is 12.1. The average Bonchev–Trinajstić information content (AvgIpc) is 2.95. The summed E-state index contributed by atoms with van der Waals surface area (Å²) in [5.74, 6) is 0.637. The molecule has 0 radical (unpaired) electrons. The van der Waals surface area contributed by atoms with Crippen LogP contribution >= 0.6 is 0 Å². The third kappa shape index (κ3) is 4.83. The first kappa shape index (κ1) is 18.0. The molecule has 0 aromatic heterocycles. The molecule has 2 aliphatic rings. The molecule has 2 fully saturated rings. The summed E-state index contributed by atoms with van der Waals surface area (Å²) < 4.78 is 10.6. The van der Waals surface area contributed by atoms with Crippen molar-refractivity contribution >= 4 is 12.1 Å². The summed E-state index contributed by atoms with van der Waals surface area (Å²) in [6.45, 7) is 10.9. The molecule has 0 spiro atoms. The minimum absolute atomic E-state index is 0.0481. The highest BCUT2D eigenvalue weighted by Crippen LogP contribution is 2.33. The number of rotatable bonds is 3. The number of hydrogen-bond donors (Lipinski definition) is 1. The van der Waals surface area contributed by atoms with Gasteiger partial charge in [-0.05, 0) is 58.9 Å². The highest BCUT2D eigenvalue weighted by molar-refractivity contribution is 5.73. The van der Waals surface area contributed by atoms with Crippen LogP contribution in [-0.4, -0.2) is 55.3 Å². The molecular formula is C17H30N2O4. The van der Waals surface area contributed by atoms with Gasteiger partial charge >= 0.3 is 12.1 Å². The molecule has 0 aromatic rings. The number of esters is 1. The van der Waals surface area contributed by atoms with Crippen LogP contribution in [0, 0.1) is 17.8 Å². The Morgan fingerprint density at radius 2 is 1.83 bits per heavy atom. The smallest absolute Gasteiger partial charge is 0.410 e. The number of likely N-dealkylation sites (tertiary alicyclic amines) is 1. The van der Waals surface area contributed by atoms with E-state index in [0.29, 0.717) is 38.1 Å². The van der Waals surface area contributed by atoms with Crippen molar-refractivity contribution in [2.75, 3.05) is 32.8 Å². The molecule has 6 nitrogen and oxygen atoms in total. The van der Waals surface area contributed by atoms with E-state index in [1.807, 2.05) is 27.7 Å². The van der Waals surface area contributed by atoms with Crippen molar-refractivity contribution in [2.45, 2.75) is 46.1 Å². The summed E-state index contributed by atoms with van der Waals surface area (Å²) in [5, 5.41) is 3.32. The van der Waals surface area contributed by atoms with E-state index in [4.69, 9.17) is 9.47 Å². The second-order valence-electron chi connectivity index (χ2n) is 7.49. The summed E-state index contributed by atoms with van der Waals surface area (Å²) in [6, 6.07) is 0. The Morgan fingerprint density at radius 1 is 1.17 bits per heavy atom. The number of hydrogen-bond acceptors (Lipinski definition) is 5. The van der Waals surface area contributed by atoms with Crippen molar-refractivity contribution < 1.29 is 19.1 Å². The van der Waals surface area contributed by atoms with Gasteiger partial charge in [0.15, 0.2) is 0 Å². The van der Waals surface area contributed by atoms with Crippen LogP contribution < -0.4 is 5.32 Å². The Kier molecular flexibility index (Phi) is 5.89. The zero-order chi connectivity index (χ0) is 17.0. The van der Waals surface area contributed by atoms with Crippen LogP contribution in [0.25, 0.3) is 0 Å². The number of nitrogens with zero attached hydrogens (tertiary/aromatic N) is 1. The molecule has 1 amide bonds. The standard InChI is InChI=1S/C17H30N2O4/c1-5-22-15(20)14-11-18-10-13(14)12-6-8-19(9-7-12)16(21)23-17(2,3)4/h12-14,18H,5-11H2,1-4H3. The fourth-order valence-corrected chi connectivity index (χ4v) is 3.54. The van der Waals surface area contributed by atoms with Gasteiger partial charge in [0.1, 0.15) is 5.60 Å². The fourth-order valence-electron chi connectivity index (χ4n) is 3.54. The molecule has 2 heterocycles. The Balaban J connectivity index is 1.86. The van der Waals surface area contributed by atoms with Crippen LogP contribution in [0.15, 0.2) is 0 Å². The monoisotopic (exact) mass is 326 g/mol. The lowest BCUT2D eigenvalue weighted by atomic mass is 9.78. The molecule has 23 heavy (non-hydrogen) atoms. The highest BCUT2D eigenvalue weighted by atomic mass is 16.6.